The van der Waals surface area contributed by atoms with Crippen molar-refractivity contribution in [2.45, 2.75) is 0 Å². The van der Waals surface area contributed by atoms with Gasteiger partial charge in [-0.2, -0.15) is 15.0 Å². The first kappa shape index (κ1) is 16.7. The van der Waals surface area contributed by atoms with E-state index in [4.69, 9.17) is 11.6 Å². The molecular weight excluding hydrogens is 392 g/mol. The van der Waals surface area contributed by atoms with E-state index in [1.54, 1.807) is 10.7 Å². The second-order valence-electron chi connectivity index (χ2n) is 6.05. The van der Waals surface area contributed by atoms with Crippen LogP contribution in [0.4, 0.5) is 10.9 Å². The third kappa shape index (κ3) is 2.85. The molecule has 0 amide bonds. The number of aromatic nitrogens is 4. The molecule has 0 spiro atoms. The number of para-hydroxylation sites is 1. The van der Waals surface area contributed by atoms with Crippen molar-refractivity contribution in [1.29, 1.82) is 5.26 Å². The molecule has 1 N–H and O–H groups in total. The average molecular weight is 403 g/mol. The van der Waals surface area contributed by atoms with Crippen LogP contribution in [0.25, 0.3) is 26.9 Å². The number of anilines is 2. The number of nitriles is 1. The number of halogens is 1. The van der Waals surface area contributed by atoms with Gasteiger partial charge in [-0.15, -0.1) is 0 Å². The van der Waals surface area contributed by atoms with Gasteiger partial charge in [0, 0.05) is 10.4 Å². The Kier molecular flexibility index (Phi) is 3.93. The molecule has 5 rings (SSSR count). The van der Waals surface area contributed by atoms with Crippen molar-refractivity contribution in [2.24, 2.45) is 0 Å². The van der Waals surface area contributed by atoms with Gasteiger partial charge in [-0.3, -0.25) is 0 Å². The predicted molar refractivity (Wildman–Crippen MR) is 111 cm³/mol. The van der Waals surface area contributed by atoms with E-state index in [9.17, 15) is 5.26 Å². The van der Waals surface area contributed by atoms with Crippen LogP contribution in [0, 0.1) is 11.3 Å². The molecule has 0 saturated carbocycles. The molecule has 0 saturated heterocycles. The van der Waals surface area contributed by atoms with Gasteiger partial charge in [-0.1, -0.05) is 41.1 Å². The molecule has 134 valence electrons. The molecule has 6 nitrogen and oxygen atoms in total. The van der Waals surface area contributed by atoms with Gasteiger partial charge in [-0.25, -0.2) is 9.97 Å². The second kappa shape index (κ2) is 6.60. The first-order chi connectivity index (χ1) is 13.7. The molecule has 0 atom stereocenters. The lowest BCUT2D eigenvalue weighted by Gasteiger charge is -2.08. The molecule has 0 aliphatic heterocycles. The molecular formula is C20H11ClN6S. The van der Waals surface area contributed by atoms with Gasteiger partial charge in [0.15, 0.2) is 16.8 Å². The van der Waals surface area contributed by atoms with Crippen molar-refractivity contribution in [3.05, 3.63) is 71.4 Å². The van der Waals surface area contributed by atoms with E-state index in [1.807, 2.05) is 48.5 Å². The summed E-state index contributed by atoms with van der Waals surface area (Å²) in [4.78, 5) is 9.23. The van der Waals surface area contributed by atoms with Crippen molar-refractivity contribution in [1.82, 2.24) is 19.7 Å². The Bertz CT molecular complexity index is 1380. The van der Waals surface area contributed by atoms with Crippen LogP contribution in [0.3, 0.4) is 0 Å². The number of hydrogen-bond acceptors (Lipinski definition) is 6. The quantitative estimate of drug-likeness (QED) is 0.443. The molecule has 0 radical (unpaired) electrons. The molecule has 0 fully saturated rings. The lowest BCUT2D eigenvalue weighted by molar-refractivity contribution is 0.860. The third-order valence-corrected chi connectivity index (χ3v) is 5.43. The van der Waals surface area contributed by atoms with Gasteiger partial charge in [0.2, 0.25) is 0 Å². The minimum Gasteiger partial charge on any atom is -0.315 e. The van der Waals surface area contributed by atoms with Gasteiger partial charge in [0.05, 0.1) is 21.9 Å². The Balaban J connectivity index is 1.60. The molecule has 3 aromatic heterocycles. The molecule has 0 bridgehead atoms. The fraction of sp³-hybridized carbons (Fsp3) is 0. The summed E-state index contributed by atoms with van der Waals surface area (Å²) in [6.45, 7) is 0. The summed E-state index contributed by atoms with van der Waals surface area (Å²) in [7, 11) is 0. The Hall–Kier alpha value is -3.47. The van der Waals surface area contributed by atoms with Crippen LogP contribution in [-0.2, 0) is 0 Å². The van der Waals surface area contributed by atoms with Gasteiger partial charge >= 0.3 is 0 Å². The van der Waals surface area contributed by atoms with Crippen LogP contribution in [0.2, 0.25) is 5.02 Å². The molecule has 28 heavy (non-hydrogen) atoms. The maximum atomic E-state index is 9.51. The van der Waals surface area contributed by atoms with E-state index in [1.165, 1.54) is 17.5 Å². The fourth-order valence-corrected chi connectivity index (χ4v) is 4.09. The largest absolute Gasteiger partial charge is 0.315 e. The monoisotopic (exact) mass is 402 g/mol. The molecule has 3 heterocycles. The number of benzene rings is 2. The third-order valence-electron chi connectivity index (χ3n) is 4.27. The van der Waals surface area contributed by atoms with E-state index in [2.05, 4.69) is 26.5 Å². The van der Waals surface area contributed by atoms with Crippen LogP contribution >= 0.6 is 22.9 Å². The molecule has 0 aliphatic carbocycles. The zero-order valence-corrected chi connectivity index (χ0v) is 15.9. The summed E-state index contributed by atoms with van der Waals surface area (Å²) in [5.41, 5.74) is 2.10. The summed E-state index contributed by atoms with van der Waals surface area (Å²) in [5.74, 6) is 1.14. The first-order valence-electron chi connectivity index (χ1n) is 8.39. The molecule has 0 unspecified atom stereocenters. The highest BCUT2D eigenvalue weighted by atomic mass is 35.5. The van der Waals surface area contributed by atoms with Crippen molar-refractivity contribution < 1.29 is 0 Å². The van der Waals surface area contributed by atoms with Crippen LogP contribution in [0.1, 0.15) is 5.56 Å². The average Bonchev–Trinajstić information content (AvgIpc) is 3.30. The zero-order valence-electron chi connectivity index (χ0n) is 14.3. The number of pyridine rings is 1. The standard InChI is InChI=1S/C20H11ClN6S/c21-14-6-7-16-17(9-14)28-20(25-16)26-19-13(10-22)11-23-27(19)18-8-5-12-3-1-2-4-15(12)24-18/h1-9,11H,(H,25,26). The Morgan fingerprint density at radius 3 is 2.82 bits per heavy atom. The van der Waals surface area contributed by atoms with Crippen molar-refractivity contribution in [3.8, 4) is 11.9 Å². The molecule has 0 aliphatic rings. The number of fused-ring (bicyclic) bond motifs is 2. The van der Waals surface area contributed by atoms with Gasteiger partial charge in [-0.05, 0) is 36.4 Å². The van der Waals surface area contributed by atoms with E-state index in [-0.39, 0.29) is 0 Å². The zero-order chi connectivity index (χ0) is 19.1. The maximum Gasteiger partial charge on any atom is 0.189 e. The number of hydrogen-bond donors (Lipinski definition) is 1. The number of nitrogens with zero attached hydrogens (tertiary/aromatic N) is 5. The number of thiazole rings is 1. The minimum atomic E-state index is 0.409. The highest BCUT2D eigenvalue weighted by Gasteiger charge is 2.16. The minimum absolute atomic E-state index is 0.409. The molecule has 5 aromatic rings. The van der Waals surface area contributed by atoms with Crippen LogP contribution in [0.15, 0.2) is 60.8 Å². The van der Waals surface area contributed by atoms with E-state index < -0.39 is 0 Å². The van der Waals surface area contributed by atoms with E-state index in [0.717, 1.165) is 21.1 Å². The summed E-state index contributed by atoms with van der Waals surface area (Å²) in [6.07, 6.45) is 1.52. The summed E-state index contributed by atoms with van der Waals surface area (Å²) < 4.78 is 2.58. The lowest BCUT2D eigenvalue weighted by Crippen LogP contribution is -2.05. The normalized spacial score (nSPS) is 11.0. The highest BCUT2D eigenvalue weighted by Crippen LogP contribution is 2.31. The van der Waals surface area contributed by atoms with Gasteiger partial charge in [0.25, 0.3) is 0 Å². The predicted octanol–water partition coefficient (Wildman–Crippen LogP) is 5.30. The Morgan fingerprint density at radius 1 is 1.04 bits per heavy atom. The summed E-state index contributed by atoms with van der Waals surface area (Å²) >= 11 is 7.52. The van der Waals surface area contributed by atoms with Crippen molar-refractivity contribution in [2.75, 3.05) is 5.32 Å². The van der Waals surface area contributed by atoms with Crippen molar-refractivity contribution in [3.63, 3.8) is 0 Å². The Morgan fingerprint density at radius 2 is 1.93 bits per heavy atom. The first-order valence-corrected chi connectivity index (χ1v) is 9.58. The highest BCUT2D eigenvalue weighted by molar-refractivity contribution is 7.22. The van der Waals surface area contributed by atoms with Crippen LogP contribution in [0.5, 0.6) is 0 Å². The molecule has 2 aromatic carbocycles. The van der Waals surface area contributed by atoms with Gasteiger partial charge in [0.1, 0.15) is 11.6 Å². The van der Waals surface area contributed by atoms with Crippen molar-refractivity contribution >= 4 is 55.0 Å². The SMILES string of the molecule is N#Cc1cnn(-c2ccc3ccccc3n2)c1Nc1nc2ccc(Cl)cc2s1. The lowest BCUT2D eigenvalue weighted by atomic mass is 10.2. The summed E-state index contributed by atoms with van der Waals surface area (Å²) in [6, 6.07) is 19.4. The van der Waals surface area contributed by atoms with E-state index in [0.29, 0.717) is 27.4 Å². The number of nitrogens with one attached hydrogen (secondary N) is 1. The number of rotatable bonds is 3. The maximum absolute atomic E-state index is 9.51. The van der Waals surface area contributed by atoms with Gasteiger partial charge < -0.3 is 5.32 Å². The van der Waals surface area contributed by atoms with Crippen LogP contribution in [-0.4, -0.2) is 19.7 Å². The van der Waals surface area contributed by atoms with E-state index >= 15 is 0 Å². The topological polar surface area (TPSA) is 79.4 Å². The summed E-state index contributed by atoms with van der Waals surface area (Å²) in [5, 5.41) is 19.4. The smallest absolute Gasteiger partial charge is 0.189 e. The fourth-order valence-electron chi connectivity index (χ4n) is 2.95. The molecule has 8 heteroatoms. The second-order valence-corrected chi connectivity index (χ2v) is 7.52. The van der Waals surface area contributed by atoms with Crippen LogP contribution < -0.4 is 5.32 Å². The Labute approximate surface area is 168 Å².